The molecule has 6 heteroatoms. The van der Waals surface area contributed by atoms with Crippen molar-refractivity contribution in [2.45, 2.75) is 31.7 Å². The summed E-state index contributed by atoms with van der Waals surface area (Å²) in [7, 11) is 1.32. The molecule has 1 fully saturated rings. The number of nitrogens with zero attached hydrogens (tertiary/aromatic N) is 1. The first kappa shape index (κ1) is 18.6. The lowest BCUT2D eigenvalue weighted by molar-refractivity contribution is -0.187. The molecule has 3 atom stereocenters. The molecule has 0 N–H and O–H groups in total. The van der Waals surface area contributed by atoms with Crippen molar-refractivity contribution in [1.82, 2.24) is 4.90 Å². The Balaban J connectivity index is 1.85. The normalized spacial score (nSPS) is 20.4. The molecule has 1 aliphatic rings. The first-order valence-electron chi connectivity index (χ1n) is 8.34. The van der Waals surface area contributed by atoms with Crippen LogP contribution < -0.4 is 0 Å². The van der Waals surface area contributed by atoms with Crippen LogP contribution in [0.5, 0.6) is 0 Å². The number of carbonyl (C=O) groups is 2. The first-order chi connectivity index (χ1) is 12.5. The fourth-order valence-corrected chi connectivity index (χ4v) is 3.67. The molecule has 1 saturated heterocycles. The molecule has 3 rings (SSSR count). The highest BCUT2D eigenvalue weighted by molar-refractivity contribution is 9.10. The van der Waals surface area contributed by atoms with Gasteiger partial charge in [-0.1, -0.05) is 64.5 Å². The van der Waals surface area contributed by atoms with Gasteiger partial charge in [0.15, 0.2) is 6.10 Å². The van der Waals surface area contributed by atoms with Gasteiger partial charge >= 0.3 is 5.97 Å². The van der Waals surface area contributed by atoms with E-state index >= 15 is 0 Å². The van der Waals surface area contributed by atoms with Crippen LogP contribution in [-0.2, 0) is 25.7 Å². The van der Waals surface area contributed by atoms with Gasteiger partial charge in [-0.15, -0.1) is 0 Å². The number of methoxy groups -OCH3 is 1. The van der Waals surface area contributed by atoms with E-state index in [0.29, 0.717) is 6.61 Å². The highest BCUT2D eigenvalue weighted by Crippen LogP contribution is 2.42. The summed E-state index contributed by atoms with van der Waals surface area (Å²) in [6.45, 7) is 2.00. The number of likely N-dealkylation sites (tertiary alicyclic amines) is 1. The Morgan fingerprint density at radius 2 is 1.81 bits per heavy atom. The highest BCUT2D eigenvalue weighted by atomic mass is 79.9. The average Bonchev–Trinajstić information content (AvgIpc) is 2.66. The van der Waals surface area contributed by atoms with Crippen LogP contribution in [0.2, 0.25) is 0 Å². The van der Waals surface area contributed by atoms with Crippen LogP contribution in [-0.4, -0.2) is 36.0 Å². The van der Waals surface area contributed by atoms with E-state index < -0.39 is 18.1 Å². The van der Waals surface area contributed by atoms with Crippen molar-refractivity contribution in [2.24, 2.45) is 0 Å². The predicted molar refractivity (Wildman–Crippen MR) is 100 cm³/mol. The molecule has 0 bridgehead atoms. The van der Waals surface area contributed by atoms with Gasteiger partial charge in [-0.2, -0.15) is 0 Å². The minimum atomic E-state index is -0.679. The second kappa shape index (κ2) is 8.01. The molecule has 0 saturated carbocycles. The zero-order chi connectivity index (χ0) is 18.7. The van der Waals surface area contributed by atoms with E-state index in [-0.39, 0.29) is 11.9 Å². The highest BCUT2D eigenvalue weighted by Gasteiger charge is 2.53. The largest absolute Gasteiger partial charge is 0.467 e. The van der Waals surface area contributed by atoms with Crippen molar-refractivity contribution >= 4 is 27.8 Å². The van der Waals surface area contributed by atoms with E-state index in [1.807, 2.05) is 54.6 Å². The summed E-state index contributed by atoms with van der Waals surface area (Å²) in [5, 5.41) is 0. The maximum atomic E-state index is 12.7. The zero-order valence-electron chi connectivity index (χ0n) is 14.6. The Morgan fingerprint density at radius 1 is 1.15 bits per heavy atom. The minimum absolute atomic E-state index is 0.209. The van der Waals surface area contributed by atoms with E-state index in [1.54, 1.807) is 6.92 Å². The number of carbonyl (C=O) groups excluding carboxylic acids is 2. The summed E-state index contributed by atoms with van der Waals surface area (Å²) in [4.78, 5) is 26.2. The minimum Gasteiger partial charge on any atom is -0.467 e. The molecule has 1 heterocycles. The van der Waals surface area contributed by atoms with Gasteiger partial charge in [0.25, 0.3) is 5.91 Å². The Labute approximate surface area is 161 Å². The number of hydrogen-bond acceptors (Lipinski definition) is 4. The Hall–Kier alpha value is -2.18. The van der Waals surface area contributed by atoms with Crippen LogP contribution in [0.1, 0.15) is 24.1 Å². The number of esters is 1. The SMILES string of the molecule is COC(=O)C(C)N1C(=O)[C@H](OCc2ccccc2)[C@@H]1c1ccccc1Br. The van der Waals surface area contributed by atoms with Gasteiger partial charge in [0, 0.05) is 4.47 Å². The number of rotatable bonds is 6. The van der Waals surface area contributed by atoms with Crippen molar-refractivity contribution in [3.8, 4) is 0 Å². The Morgan fingerprint density at radius 3 is 2.46 bits per heavy atom. The predicted octanol–water partition coefficient (Wildman–Crippen LogP) is 3.48. The quantitative estimate of drug-likeness (QED) is 0.533. The van der Waals surface area contributed by atoms with E-state index in [9.17, 15) is 9.59 Å². The average molecular weight is 418 g/mol. The van der Waals surface area contributed by atoms with E-state index in [4.69, 9.17) is 9.47 Å². The number of halogens is 1. The Kier molecular flexibility index (Phi) is 5.74. The van der Waals surface area contributed by atoms with Crippen molar-refractivity contribution in [1.29, 1.82) is 0 Å². The van der Waals surface area contributed by atoms with Crippen molar-refractivity contribution in [3.63, 3.8) is 0 Å². The first-order valence-corrected chi connectivity index (χ1v) is 9.14. The van der Waals surface area contributed by atoms with E-state index in [1.165, 1.54) is 12.0 Å². The van der Waals surface area contributed by atoms with Gasteiger partial charge in [-0.05, 0) is 24.1 Å². The van der Waals surface area contributed by atoms with Gasteiger partial charge < -0.3 is 14.4 Å². The number of ether oxygens (including phenoxy) is 2. The fraction of sp³-hybridized carbons (Fsp3) is 0.300. The summed E-state index contributed by atoms with van der Waals surface area (Å²) in [5.74, 6) is -0.656. The molecule has 26 heavy (non-hydrogen) atoms. The molecule has 0 aromatic heterocycles. The maximum Gasteiger partial charge on any atom is 0.328 e. The maximum absolute atomic E-state index is 12.7. The van der Waals surface area contributed by atoms with Crippen LogP contribution in [0.4, 0.5) is 0 Å². The van der Waals surface area contributed by atoms with Gasteiger partial charge in [0.05, 0.1) is 19.8 Å². The molecular formula is C20H20BrNO4. The summed E-state index contributed by atoms with van der Waals surface area (Å²) in [6, 6.07) is 16.3. The summed E-state index contributed by atoms with van der Waals surface area (Å²) < 4.78 is 11.6. The lowest BCUT2D eigenvalue weighted by atomic mass is 9.88. The Bertz CT molecular complexity index is 795. The summed E-state index contributed by atoms with van der Waals surface area (Å²) >= 11 is 3.54. The fourth-order valence-electron chi connectivity index (χ4n) is 3.15. The topological polar surface area (TPSA) is 55.8 Å². The van der Waals surface area contributed by atoms with E-state index in [0.717, 1.165) is 15.6 Å². The van der Waals surface area contributed by atoms with Crippen molar-refractivity contribution in [3.05, 3.63) is 70.2 Å². The molecule has 1 amide bonds. The van der Waals surface area contributed by atoms with E-state index in [2.05, 4.69) is 15.9 Å². The third-order valence-corrected chi connectivity index (χ3v) is 5.26. The van der Waals surface area contributed by atoms with Crippen LogP contribution in [0.25, 0.3) is 0 Å². The van der Waals surface area contributed by atoms with Gasteiger partial charge in [0.1, 0.15) is 6.04 Å². The monoisotopic (exact) mass is 417 g/mol. The zero-order valence-corrected chi connectivity index (χ0v) is 16.2. The summed E-state index contributed by atoms with van der Waals surface area (Å²) in [6.07, 6.45) is -0.638. The van der Waals surface area contributed by atoms with Crippen LogP contribution in [0.3, 0.4) is 0 Å². The smallest absolute Gasteiger partial charge is 0.328 e. The number of amides is 1. The third-order valence-electron chi connectivity index (χ3n) is 4.54. The van der Waals surface area contributed by atoms with Crippen LogP contribution in [0, 0.1) is 0 Å². The lowest BCUT2D eigenvalue weighted by Crippen LogP contribution is -2.64. The molecule has 1 unspecified atom stereocenters. The van der Waals surface area contributed by atoms with Crippen molar-refractivity contribution in [2.75, 3.05) is 7.11 Å². The second-order valence-electron chi connectivity index (χ2n) is 6.13. The lowest BCUT2D eigenvalue weighted by Gasteiger charge is -2.49. The van der Waals surface area contributed by atoms with Gasteiger partial charge in [0.2, 0.25) is 0 Å². The molecule has 5 nitrogen and oxygen atoms in total. The molecule has 2 aromatic rings. The molecule has 0 aliphatic carbocycles. The number of hydrogen-bond donors (Lipinski definition) is 0. The number of benzene rings is 2. The molecule has 2 aromatic carbocycles. The third kappa shape index (κ3) is 3.52. The molecular weight excluding hydrogens is 398 g/mol. The van der Waals surface area contributed by atoms with Gasteiger partial charge in [-0.25, -0.2) is 4.79 Å². The molecule has 0 radical (unpaired) electrons. The standard InChI is InChI=1S/C20H20BrNO4/c1-13(20(24)25-2)22-17(15-10-6-7-11-16(15)21)18(19(22)23)26-12-14-8-4-3-5-9-14/h3-11,13,17-18H,12H2,1-2H3/t13?,17-,18+/m0/s1. The molecule has 1 aliphatic heterocycles. The van der Waals surface area contributed by atoms with Crippen molar-refractivity contribution < 1.29 is 19.1 Å². The molecule has 0 spiro atoms. The number of β-lactam (4-membered cyclic amide) rings is 1. The van der Waals surface area contributed by atoms with Crippen LogP contribution in [0.15, 0.2) is 59.1 Å². The summed E-state index contributed by atoms with van der Waals surface area (Å²) in [5.41, 5.74) is 1.89. The van der Waals surface area contributed by atoms with Crippen LogP contribution >= 0.6 is 15.9 Å². The molecule has 136 valence electrons. The van der Waals surface area contributed by atoms with Gasteiger partial charge in [-0.3, -0.25) is 4.79 Å². The second-order valence-corrected chi connectivity index (χ2v) is 6.98.